The van der Waals surface area contributed by atoms with E-state index in [-0.39, 0.29) is 11.8 Å². The van der Waals surface area contributed by atoms with Crippen molar-refractivity contribution >= 4 is 17.7 Å². The molecule has 0 radical (unpaired) electrons. The molecule has 1 amide bonds. The predicted molar refractivity (Wildman–Crippen MR) is 77.7 cm³/mol. The minimum Gasteiger partial charge on any atom is -0.354 e. The third-order valence-electron chi connectivity index (χ3n) is 2.71. The molecule has 0 aromatic heterocycles. The molecular weight excluding hydrogens is 244 g/mol. The van der Waals surface area contributed by atoms with Crippen LogP contribution in [0.3, 0.4) is 0 Å². The minimum absolute atomic E-state index is 0.0606. The summed E-state index contributed by atoms with van der Waals surface area (Å²) in [6.45, 7) is 6.62. The van der Waals surface area contributed by atoms with E-state index in [1.807, 2.05) is 13.8 Å². The second-order valence-electron chi connectivity index (χ2n) is 4.72. The molecule has 3 nitrogen and oxygen atoms in total. The Bertz CT molecular complexity index is 376. The molecule has 1 aromatic rings. The Hall–Kier alpha value is -1.00. The number of nitrogens with one attached hydrogen (secondary N) is 1. The molecule has 18 heavy (non-hydrogen) atoms. The van der Waals surface area contributed by atoms with E-state index in [0.717, 1.165) is 5.75 Å². The lowest BCUT2D eigenvalue weighted by Crippen LogP contribution is -2.44. The molecule has 100 valence electrons. The molecule has 0 aliphatic carbocycles. The molecule has 0 saturated heterocycles. The predicted octanol–water partition coefficient (Wildman–Crippen LogP) is 2.19. The standard InChI is InChI=1S/C14H22N2OS/c1-10(2)13(15)14(17)16-8-9-18-12-6-4-11(3)5-7-12/h4-7,10,13H,8-9,15H2,1-3H3,(H,16,17)/t13-/m0/s1. The van der Waals surface area contributed by atoms with Crippen molar-refractivity contribution < 1.29 is 4.79 Å². The highest BCUT2D eigenvalue weighted by molar-refractivity contribution is 7.99. The van der Waals surface area contributed by atoms with Gasteiger partial charge >= 0.3 is 0 Å². The van der Waals surface area contributed by atoms with Crippen LogP contribution in [0, 0.1) is 12.8 Å². The van der Waals surface area contributed by atoms with Gasteiger partial charge in [0.25, 0.3) is 0 Å². The lowest BCUT2D eigenvalue weighted by Gasteiger charge is -2.15. The summed E-state index contributed by atoms with van der Waals surface area (Å²) in [5.41, 5.74) is 7.01. The van der Waals surface area contributed by atoms with Gasteiger partial charge in [0.05, 0.1) is 6.04 Å². The number of rotatable bonds is 6. The van der Waals surface area contributed by atoms with E-state index in [2.05, 4.69) is 36.5 Å². The molecule has 0 unspecified atom stereocenters. The Kier molecular flexibility index (Phi) is 6.22. The fourth-order valence-electron chi connectivity index (χ4n) is 1.40. The zero-order valence-corrected chi connectivity index (χ0v) is 12.1. The number of aryl methyl sites for hydroxylation is 1. The fourth-order valence-corrected chi connectivity index (χ4v) is 2.17. The smallest absolute Gasteiger partial charge is 0.237 e. The third-order valence-corrected chi connectivity index (χ3v) is 3.73. The zero-order chi connectivity index (χ0) is 13.5. The second-order valence-corrected chi connectivity index (χ2v) is 5.89. The van der Waals surface area contributed by atoms with E-state index >= 15 is 0 Å². The van der Waals surface area contributed by atoms with Crippen LogP contribution >= 0.6 is 11.8 Å². The highest BCUT2D eigenvalue weighted by Crippen LogP contribution is 2.17. The number of nitrogens with two attached hydrogens (primary N) is 1. The highest BCUT2D eigenvalue weighted by atomic mass is 32.2. The molecule has 4 heteroatoms. The quantitative estimate of drug-likeness (QED) is 0.613. The van der Waals surface area contributed by atoms with Crippen molar-refractivity contribution in [2.45, 2.75) is 31.7 Å². The third kappa shape index (κ3) is 5.10. The van der Waals surface area contributed by atoms with E-state index in [0.29, 0.717) is 6.54 Å². The average Bonchev–Trinajstić information content (AvgIpc) is 2.35. The molecule has 0 spiro atoms. The number of carbonyl (C=O) groups is 1. The van der Waals surface area contributed by atoms with Crippen molar-refractivity contribution in [1.29, 1.82) is 0 Å². The summed E-state index contributed by atoms with van der Waals surface area (Å²) in [6, 6.07) is 7.98. The molecule has 3 N–H and O–H groups in total. The van der Waals surface area contributed by atoms with Gasteiger partial charge in [-0.2, -0.15) is 0 Å². The molecule has 1 aromatic carbocycles. The topological polar surface area (TPSA) is 55.1 Å². The van der Waals surface area contributed by atoms with Crippen molar-refractivity contribution in [3.05, 3.63) is 29.8 Å². The first kappa shape index (κ1) is 15.1. The van der Waals surface area contributed by atoms with Gasteiger partial charge < -0.3 is 11.1 Å². The largest absolute Gasteiger partial charge is 0.354 e. The summed E-state index contributed by atoms with van der Waals surface area (Å²) in [5.74, 6) is 0.976. The zero-order valence-electron chi connectivity index (χ0n) is 11.3. The van der Waals surface area contributed by atoms with Crippen LogP contribution in [0.4, 0.5) is 0 Å². The summed E-state index contributed by atoms with van der Waals surface area (Å²) in [4.78, 5) is 12.8. The number of hydrogen-bond donors (Lipinski definition) is 2. The van der Waals surface area contributed by atoms with Crippen LogP contribution in [0.1, 0.15) is 19.4 Å². The molecule has 0 fully saturated rings. The molecule has 0 aliphatic heterocycles. The number of benzene rings is 1. The van der Waals surface area contributed by atoms with Gasteiger partial charge in [-0.15, -0.1) is 11.8 Å². The van der Waals surface area contributed by atoms with Crippen LogP contribution in [-0.4, -0.2) is 24.2 Å². The maximum absolute atomic E-state index is 11.6. The van der Waals surface area contributed by atoms with Gasteiger partial charge in [0.2, 0.25) is 5.91 Å². The van der Waals surface area contributed by atoms with Gasteiger partial charge in [-0.3, -0.25) is 4.79 Å². The summed E-state index contributed by atoms with van der Waals surface area (Å²) < 4.78 is 0. The average molecular weight is 266 g/mol. The molecule has 0 heterocycles. The van der Waals surface area contributed by atoms with Gasteiger partial charge in [0, 0.05) is 17.2 Å². The van der Waals surface area contributed by atoms with E-state index in [4.69, 9.17) is 5.73 Å². The number of thioether (sulfide) groups is 1. The van der Waals surface area contributed by atoms with Crippen LogP contribution in [-0.2, 0) is 4.79 Å². The van der Waals surface area contributed by atoms with Crippen molar-refractivity contribution in [2.24, 2.45) is 11.7 Å². The molecule has 1 atom stereocenters. The Labute approximate surface area is 114 Å². The maximum Gasteiger partial charge on any atom is 0.237 e. The Morgan fingerprint density at radius 2 is 1.94 bits per heavy atom. The van der Waals surface area contributed by atoms with Gasteiger partial charge in [-0.05, 0) is 25.0 Å². The van der Waals surface area contributed by atoms with Crippen molar-refractivity contribution in [1.82, 2.24) is 5.32 Å². The Balaban J connectivity index is 2.23. The van der Waals surface area contributed by atoms with Crippen LogP contribution in [0.15, 0.2) is 29.2 Å². The first-order valence-electron chi connectivity index (χ1n) is 6.23. The van der Waals surface area contributed by atoms with Crippen molar-refractivity contribution in [2.75, 3.05) is 12.3 Å². The first-order valence-corrected chi connectivity index (χ1v) is 7.22. The molecule has 1 rings (SSSR count). The summed E-state index contributed by atoms with van der Waals surface area (Å²) in [7, 11) is 0. The number of hydrogen-bond acceptors (Lipinski definition) is 3. The summed E-state index contributed by atoms with van der Waals surface area (Å²) >= 11 is 1.74. The highest BCUT2D eigenvalue weighted by Gasteiger charge is 2.15. The van der Waals surface area contributed by atoms with Crippen LogP contribution < -0.4 is 11.1 Å². The Morgan fingerprint density at radius 3 is 2.50 bits per heavy atom. The number of amides is 1. The van der Waals surface area contributed by atoms with Gasteiger partial charge in [0.15, 0.2) is 0 Å². The SMILES string of the molecule is Cc1ccc(SCCNC(=O)[C@@H](N)C(C)C)cc1. The van der Waals surface area contributed by atoms with E-state index in [1.165, 1.54) is 10.5 Å². The van der Waals surface area contributed by atoms with Crippen LogP contribution in [0.2, 0.25) is 0 Å². The van der Waals surface area contributed by atoms with Crippen LogP contribution in [0.25, 0.3) is 0 Å². The van der Waals surface area contributed by atoms with E-state index in [1.54, 1.807) is 11.8 Å². The number of carbonyl (C=O) groups excluding carboxylic acids is 1. The fraction of sp³-hybridized carbons (Fsp3) is 0.500. The normalized spacial score (nSPS) is 12.5. The van der Waals surface area contributed by atoms with E-state index < -0.39 is 6.04 Å². The van der Waals surface area contributed by atoms with Gasteiger partial charge in [-0.1, -0.05) is 31.5 Å². The van der Waals surface area contributed by atoms with Crippen LogP contribution in [0.5, 0.6) is 0 Å². The monoisotopic (exact) mass is 266 g/mol. The van der Waals surface area contributed by atoms with Crippen molar-refractivity contribution in [3.8, 4) is 0 Å². The minimum atomic E-state index is -0.408. The maximum atomic E-state index is 11.6. The van der Waals surface area contributed by atoms with Crippen molar-refractivity contribution in [3.63, 3.8) is 0 Å². The van der Waals surface area contributed by atoms with Gasteiger partial charge in [0.1, 0.15) is 0 Å². The molecule has 0 saturated carbocycles. The van der Waals surface area contributed by atoms with Gasteiger partial charge in [-0.25, -0.2) is 0 Å². The first-order chi connectivity index (χ1) is 8.50. The molecule has 0 aliphatic rings. The molecular formula is C14H22N2OS. The van der Waals surface area contributed by atoms with E-state index in [9.17, 15) is 4.79 Å². The molecule has 0 bridgehead atoms. The Morgan fingerprint density at radius 1 is 1.33 bits per heavy atom. The second kappa shape index (κ2) is 7.44. The summed E-state index contributed by atoms with van der Waals surface area (Å²) in [6.07, 6.45) is 0. The lowest BCUT2D eigenvalue weighted by molar-refractivity contribution is -0.123. The lowest BCUT2D eigenvalue weighted by atomic mass is 10.1. The summed E-state index contributed by atoms with van der Waals surface area (Å²) in [5, 5.41) is 2.86.